The van der Waals surface area contributed by atoms with Crippen LogP contribution in [0.15, 0.2) is 39.5 Å². The molecule has 7 heteroatoms. The molecule has 0 radical (unpaired) electrons. The summed E-state index contributed by atoms with van der Waals surface area (Å²) in [6.45, 7) is 2.09. The van der Waals surface area contributed by atoms with Crippen molar-refractivity contribution in [2.45, 2.75) is 13.3 Å². The summed E-state index contributed by atoms with van der Waals surface area (Å²) in [4.78, 5) is 12.0. The van der Waals surface area contributed by atoms with Gasteiger partial charge in [0.2, 0.25) is 0 Å². The van der Waals surface area contributed by atoms with Crippen LogP contribution in [0.4, 0.5) is 0 Å². The molecule has 1 aromatic carbocycles. The van der Waals surface area contributed by atoms with Gasteiger partial charge in [-0.15, -0.1) is 5.10 Å². The predicted octanol–water partition coefficient (Wildman–Crippen LogP) is 2.71. The largest absolute Gasteiger partial charge is 0.409 e. The molecule has 21 heavy (non-hydrogen) atoms. The lowest BCUT2D eigenvalue weighted by molar-refractivity contribution is 0.551. The lowest BCUT2D eigenvalue weighted by Crippen LogP contribution is -2.11. The van der Waals surface area contributed by atoms with Crippen LogP contribution in [0.2, 0.25) is 0 Å². The summed E-state index contributed by atoms with van der Waals surface area (Å²) in [6, 6.07) is 9.62. The molecule has 3 aromatic rings. The van der Waals surface area contributed by atoms with Gasteiger partial charge < -0.3 is 4.42 Å². The van der Waals surface area contributed by atoms with Crippen molar-refractivity contribution in [3.63, 3.8) is 0 Å². The Hall–Kier alpha value is -2.54. The number of H-pyrrole nitrogens is 2. The topological polar surface area (TPSA) is 87.6 Å². The highest BCUT2D eigenvalue weighted by molar-refractivity contribution is 7.71. The molecule has 0 bridgehead atoms. The van der Waals surface area contributed by atoms with Crippen molar-refractivity contribution >= 4 is 12.2 Å². The first-order valence-electron chi connectivity index (χ1n) is 6.42. The molecule has 0 aliphatic heterocycles. The number of aromatic amines is 2. The minimum Gasteiger partial charge on any atom is -0.409 e. The maximum absolute atomic E-state index is 11.8. The standard InChI is InChI=1S/C14H12N4O2S/c1-2-8-3-5-9(6-4-8)11-7-10(12(19)16-15-11)13-17-18-14(21)20-13/h3-7H,2H2,1H3,(H,16,19)(H,18,21). The molecule has 0 aliphatic rings. The average Bonchev–Trinajstić information content (AvgIpc) is 2.94. The van der Waals surface area contributed by atoms with E-state index in [1.165, 1.54) is 5.56 Å². The number of rotatable bonds is 3. The van der Waals surface area contributed by atoms with Crippen molar-refractivity contribution in [2.24, 2.45) is 0 Å². The van der Waals surface area contributed by atoms with E-state index in [1.54, 1.807) is 6.07 Å². The van der Waals surface area contributed by atoms with E-state index in [0.29, 0.717) is 5.69 Å². The molecular weight excluding hydrogens is 288 g/mol. The van der Waals surface area contributed by atoms with E-state index in [4.69, 9.17) is 16.6 Å². The molecular formula is C14H12N4O2S. The third-order valence-electron chi connectivity index (χ3n) is 3.13. The van der Waals surface area contributed by atoms with Crippen LogP contribution < -0.4 is 5.56 Å². The van der Waals surface area contributed by atoms with Gasteiger partial charge in [-0.25, -0.2) is 10.2 Å². The molecule has 2 heterocycles. The Balaban J connectivity index is 2.08. The number of hydrogen-bond donors (Lipinski definition) is 2. The Morgan fingerprint density at radius 3 is 2.57 bits per heavy atom. The summed E-state index contributed by atoms with van der Waals surface area (Å²) < 4.78 is 5.18. The molecule has 0 saturated heterocycles. The van der Waals surface area contributed by atoms with Gasteiger partial charge in [-0.05, 0) is 30.3 Å². The van der Waals surface area contributed by atoms with Crippen molar-refractivity contribution in [1.29, 1.82) is 0 Å². The minimum absolute atomic E-state index is 0.120. The number of aryl methyl sites for hydroxylation is 1. The van der Waals surface area contributed by atoms with Gasteiger partial charge in [0.1, 0.15) is 5.56 Å². The van der Waals surface area contributed by atoms with Gasteiger partial charge >= 0.3 is 0 Å². The van der Waals surface area contributed by atoms with Crippen molar-refractivity contribution in [2.75, 3.05) is 0 Å². The Morgan fingerprint density at radius 1 is 1.19 bits per heavy atom. The van der Waals surface area contributed by atoms with Gasteiger partial charge in [0.25, 0.3) is 16.3 Å². The van der Waals surface area contributed by atoms with Crippen molar-refractivity contribution in [1.82, 2.24) is 20.4 Å². The van der Waals surface area contributed by atoms with Crippen LogP contribution in [0.25, 0.3) is 22.7 Å². The van der Waals surface area contributed by atoms with Crippen LogP contribution in [0, 0.1) is 4.84 Å². The fourth-order valence-electron chi connectivity index (χ4n) is 1.97. The molecule has 0 fully saturated rings. The highest BCUT2D eigenvalue weighted by atomic mass is 32.1. The molecule has 106 valence electrons. The number of nitrogens with one attached hydrogen (secondary N) is 2. The van der Waals surface area contributed by atoms with E-state index in [0.717, 1.165) is 12.0 Å². The van der Waals surface area contributed by atoms with Crippen molar-refractivity contribution < 1.29 is 4.42 Å². The molecule has 0 spiro atoms. The second kappa shape index (κ2) is 5.45. The molecule has 0 atom stereocenters. The molecule has 0 aliphatic carbocycles. The van der Waals surface area contributed by atoms with E-state index < -0.39 is 0 Å². The zero-order chi connectivity index (χ0) is 14.8. The lowest BCUT2D eigenvalue weighted by atomic mass is 10.1. The summed E-state index contributed by atoms with van der Waals surface area (Å²) >= 11 is 4.82. The number of aromatic nitrogens is 4. The summed E-state index contributed by atoms with van der Waals surface area (Å²) in [5, 5.41) is 12.9. The molecule has 2 N–H and O–H groups in total. The summed E-state index contributed by atoms with van der Waals surface area (Å²) in [6.07, 6.45) is 0.971. The lowest BCUT2D eigenvalue weighted by Gasteiger charge is -2.03. The van der Waals surface area contributed by atoms with Crippen LogP contribution >= 0.6 is 12.2 Å². The van der Waals surface area contributed by atoms with Gasteiger partial charge in [-0.1, -0.05) is 31.2 Å². The van der Waals surface area contributed by atoms with Gasteiger partial charge in [0.05, 0.1) is 5.69 Å². The first-order chi connectivity index (χ1) is 10.2. The third kappa shape index (κ3) is 2.68. The van der Waals surface area contributed by atoms with Crippen LogP contribution in [-0.2, 0) is 6.42 Å². The van der Waals surface area contributed by atoms with Gasteiger partial charge in [0.15, 0.2) is 0 Å². The van der Waals surface area contributed by atoms with Gasteiger partial charge in [-0.2, -0.15) is 5.10 Å². The van der Waals surface area contributed by atoms with Gasteiger partial charge in [-0.3, -0.25) is 4.79 Å². The zero-order valence-corrected chi connectivity index (χ0v) is 12.0. The molecule has 0 saturated carbocycles. The second-order valence-electron chi connectivity index (χ2n) is 4.46. The van der Waals surface area contributed by atoms with E-state index in [9.17, 15) is 4.79 Å². The third-order valence-corrected chi connectivity index (χ3v) is 3.30. The second-order valence-corrected chi connectivity index (χ2v) is 4.84. The summed E-state index contributed by atoms with van der Waals surface area (Å²) in [7, 11) is 0. The minimum atomic E-state index is -0.380. The predicted molar refractivity (Wildman–Crippen MR) is 80.4 cm³/mol. The molecule has 6 nitrogen and oxygen atoms in total. The van der Waals surface area contributed by atoms with Crippen LogP contribution in [0.3, 0.4) is 0 Å². The first kappa shape index (κ1) is 13.4. The van der Waals surface area contributed by atoms with Crippen LogP contribution in [0.5, 0.6) is 0 Å². The SMILES string of the molecule is CCc1ccc(-c2cc(-c3n[nH]c(=S)o3)c(=O)[nH]n2)cc1. The average molecular weight is 300 g/mol. The molecule has 3 rings (SSSR count). The van der Waals surface area contributed by atoms with Crippen molar-refractivity contribution in [3.8, 4) is 22.7 Å². The molecule has 0 amide bonds. The Morgan fingerprint density at radius 2 is 1.95 bits per heavy atom. The maximum Gasteiger partial charge on any atom is 0.284 e. The first-order valence-corrected chi connectivity index (χ1v) is 6.83. The van der Waals surface area contributed by atoms with Gasteiger partial charge in [0, 0.05) is 5.56 Å². The summed E-state index contributed by atoms with van der Waals surface area (Å²) in [5.74, 6) is 0.148. The monoisotopic (exact) mass is 300 g/mol. The quantitative estimate of drug-likeness (QED) is 0.726. The number of nitrogens with zero attached hydrogens (tertiary/aromatic N) is 2. The van der Waals surface area contributed by atoms with E-state index >= 15 is 0 Å². The Labute approximate surface area is 124 Å². The van der Waals surface area contributed by atoms with E-state index in [2.05, 4.69) is 27.3 Å². The normalized spacial score (nSPS) is 10.7. The maximum atomic E-state index is 11.8. The van der Waals surface area contributed by atoms with Crippen LogP contribution in [-0.4, -0.2) is 20.4 Å². The Bertz CT molecular complexity index is 877. The van der Waals surface area contributed by atoms with Crippen LogP contribution in [0.1, 0.15) is 12.5 Å². The highest BCUT2D eigenvalue weighted by Gasteiger charge is 2.12. The fraction of sp³-hybridized carbons (Fsp3) is 0.143. The fourth-order valence-corrected chi connectivity index (χ4v) is 2.09. The molecule has 0 unspecified atom stereocenters. The number of hydrogen-bond acceptors (Lipinski definition) is 5. The van der Waals surface area contributed by atoms with E-state index in [1.807, 2.05) is 24.3 Å². The zero-order valence-electron chi connectivity index (χ0n) is 11.2. The van der Waals surface area contributed by atoms with E-state index in [-0.39, 0.29) is 21.9 Å². The Kier molecular flexibility index (Phi) is 3.49. The smallest absolute Gasteiger partial charge is 0.284 e. The molecule has 2 aromatic heterocycles. The number of benzene rings is 1. The summed E-state index contributed by atoms with van der Waals surface area (Å²) in [5.41, 5.74) is 2.68. The highest BCUT2D eigenvalue weighted by Crippen LogP contribution is 2.20. The van der Waals surface area contributed by atoms with Crippen molar-refractivity contribution in [3.05, 3.63) is 51.1 Å².